The third kappa shape index (κ3) is 7.36. The first-order valence-electron chi connectivity index (χ1n) is 9.80. The fourth-order valence-corrected chi connectivity index (χ4v) is 3.05. The van der Waals surface area contributed by atoms with Gasteiger partial charge in [-0.05, 0) is 55.8 Å². The van der Waals surface area contributed by atoms with E-state index in [0.717, 1.165) is 0 Å². The normalized spacial score (nSPS) is 10.7. The van der Waals surface area contributed by atoms with Crippen LogP contribution in [0.4, 0.5) is 5.69 Å². The fourth-order valence-electron chi connectivity index (χ4n) is 2.61. The van der Waals surface area contributed by atoms with E-state index in [1.54, 1.807) is 26.0 Å². The topological polar surface area (TPSA) is 135 Å². The van der Waals surface area contributed by atoms with E-state index < -0.39 is 17.8 Å². The van der Waals surface area contributed by atoms with Crippen LogP contribution in [-0.2, 0) is 14.3 Å². The number of nitriles is 1. The summed E-state index contributed by atoms with van der Waals surface area (Å²) in [4.78, 5) is 35.3. The Bertz CT molecular complexity index is 1120. The first kappa shape index (κ1) is 25.4. The van der Waals surface area contributed by atoms with Crippen LogP contribution in [0.1, 0.15) is 29.8 Å². The van der Waals surface area contributed by atoms with Crippen molar-refractivity contribution < 1.29 is 33.7 Å². The predicted molar refractivity (Wildman–Crippen MR) is 123 cm³/mol. The third-order valence-electron chi connectivity index (χ3n) is 4.05. The molecular formula is C23H21BrN2O7. The molecule has 9 nitrogen and oxygen atoms in total. The number of amides is 1. The van der Waals surface area contributed by atoms with Crippen LogP contribution in [0.25, 0.3) is 6.08 Å². The summed E-state index contributed by atoms with van der Waals surface area (Å²) in [6.07, 6.45) is 1.35. The zero-order chi connectivity index (χ0) is 24.4. The molecule has 0 aliphatic rings. The van der Waals surface area contributed by atoms with Crippen molar-refractivity contribution in [3.05, 3.63) is 57.6 Å². The van der Waals surface area contributed by atoms with Crippen molar-refractivity contribution in [3.8, 4) is 17.6 Å². The number of anilines is 1. The molecule has 2 aromatic rings. The largest absolute Gasteiger partial charge is 0.490 e. The second-order valence-corrected chi connectivity index (χ2v) is 7.21. The number of hydrogen-bond donors (Lipinski definition) is 2. The molecule has 0 aliphatic carbocycles. The SMILES string of the molecule is CCOC(=O)COc1cc(Br)c(/C=C(/C#N)C(=O)Nc2cccc(C(=O)O)c2)cc1OCC. The Morgan fingerprint density at radius 2 is 1.85 bits per heavy atom. The smallest absolute Gasteiger partial charge is 0.344 e. The Balaban J connectivity index is 2.30. The summed E-state index contributed by atoms with van der Waals surface area (Å²) in [5, 5.41) is 21.1. The summed E-state index contributed by atoms with van der Waals surface area (Å²) >= 11 is 3.37. The minimum atomic E-state index is -1.14. The molecule has 2 aromatic carbocycles. The van der Waals surface area contributed by atoms with Crippen LogP contribution in [0.2, 0.25) is 0 Å². The predicted octanol–water partition coefficient (Wildman–Crippen LogP) is 4.03. The van der Waals surface area contributed by atoms with Gasteiger partial charge in [0.2, 0.25) is 0 Å². The van der Waals surface area contributed by atoms with Gasteiger partial charge < -0.3 is 24.6 Å². The van der Waals surface area contributed by atoms with Crippen LogP contribution in [-0.4, -0.2) is 42.8 Å². The molecule has 0 spiro atoms. The van der Waals surface area contributed by atoms with Gasteiger partial charge in [-0.3, -0.25) is 4.79 Å². The van der Waals surface area contributed by atoms with E-state index in [-0.39, 0.29) is 35.8 Å². The number of nitrogens with one attached hydrogen (secondary N) is 1. The summed E-state index contributed by atoms with van der Waals surface area (Å²) in [5.74, 6) is -1.80. The summed E-state index contributed by atoms with van der Waals surface area (Å²) in [5.41, 5.74) is 0.461. The Morgan fingerprint density at radius 3 is 2.48 bits per heavy atom. The highest BCUT2D eigenvalue weighted by Crippen LogP contribution is 2.35. The van der Waals surface area contributed by atoms with Gasteiger partial charge in [-0.15, -0.1) is 0 Å². The molecule has 0 aromatic heterocycles. The van der Waals surface area contributed by atoms with Crippen molar-refractivity contribution in [2.45, 2.75) is 13.8 Å². The number of carboxylic acids is 1. The Morgan fingerprint density at radius 1 is 1.12 bits per heavy atom. The van der Waals surface area contributed by atoms with Crippen LogP contribution < -0.4 is 14.8 Å². The standard InChI is InChI=1S/C23H21BrN2O7/c1-3-31-19-10-15(18(24)11-20(19)33-13-21(27)32-4-2)8-16(12-25)22(28)26-17-7-5-6-14(9-17)23(29)30/h5-11H,3-4,13H2,1-2H3,(H,26,28)(H,29,30)/b16-8-. The van der Waals surface area contributed by atoms with Gasteiger partial charge in [0.15, 0.2) is 18.1 Å². The van der Waals surface area contributed by atoms with Gasteiger partial charge in [-0.1, -0.05) is 22.0 Å². The van der Waals surface area contributed by atoms with Crippen LogP contribution in [0.5, 0.6) is 11.5 Å². The first-order valence-corrected chi connectivity index (χ1v) is 10.6. The van der Waals surface area contributed by atoms with Crippen molar-refractivity contribution >= 4 is 45.5 Å². The number of aromatic carboxylic acids is 1. The van der Waals surface area contributed by atoms with Gasteiger partial charge in [0, 0.05) is 10.2 Å². The molecule has 172 valence electrons. The highest BCUT2D eigenvalue weighted by molar-refractivity contribution is 9.10. The summed E-state index contributed by atoms with van der Waals surface area (Å²) in [7, 11) is 0. The number of halogens is 1. The van der Waals surface area contributed by atoms with Gasteiger partial charge in [-0.25, -0.2) is 9.59 Å². The molecule has 0 saturated carbocycles. The number of ether oxygens (including phenoxy) is 3. The van der Waals surface area contributed by atoms with Crippen LogP contribution in [0.15, 0.2) is 46.4 Å². The molecular weight excluding hydrogens is 496 g/mol. The van der Waals surface area contributed by atoms with E-state index in [4.69, 9.17) is 19.3 Å². The molecule has 1 amide bonds. The fraction of sp³-hybridized carbons (Fsp3) is 0.217. The molecule has 0 heterocycles. The lowest BCUT2D eigenvalue weighted by Crippen LogP contribution is -2.15. The molecule has 0 radical (unpaired) electrons. The minimum absolute atomic E-state index is 0.00204. The van der Waals surface area contributed by atoms with Crippen LogP contribution in [0, 0.1) is 11.3 Å². The average molecular weight is 517 g/mol. The maximum atomic E-state index is 12.6. The minimum Gasteiger partial charge on any atom is -0.490 e. The molecule has 0 aliphatic heterocycles. The third-order valence-corrected chi connectivity index (χ3v) is 4.73. The molecule has 2 rings (SSSR count). The second-order valence-electron chi connectivity index (χ2n) is 6.36. The second kappa shape index (κ2) is 12.3. The maximum absolute atomic E-state index is 12.6. The number of rotatable bonds is 10. The van der Waals surface area contributed by atoms with E-state index in [1.165, 1.54) is 30.3 Å². The van der Waals surface area contributed by atoms with Gasteiger partial charge in [0.25, 0.3) is 5.91 Å². The van der Waals surface area contributed by atoms with Crippen LogP contribution >= 0.6 is 15.9 Å². The molecule has 33 heavy (non-hydrogen) atoms. The quantitative estimate of drug-likeness (QED) is 0.274. The van der Waals surface area contributed by atoms with Crippen molar-refractivity contribution in [3.63, 3.8) is 0 Å². The Kier molecular flexibility index (Phi) is 9.45. The van der Waals surface area contributed by atoms with Crippen LogP contribution in [0.3, 0.4) is 0 Å². The molecule has 2 N–H and O–H groups in total. The molecule has 0 atom stereocenters. The lowest BCUT2D eigenvalue weighted by Gasteiger charge is -2.14. The average Bonchev–Trinajstić information content (AvgIpc) is 2.78. The van der Waals surface area contributed by atoms with E-state index in [9.17, 15) is 19.6 Å². The van der Waals surface area contributed by atoms with Gasteiger partial charge >= 0.3 is 11.9 Å². The molecule has 0 unspecified atom stereocenters. The van der Waals surface area contributed by atoms with Crippen molar-refractivity contribution in [2.24, 2.45) is 0 Å². The van der Waals surface area contributed by atoms with E-state index in [0.29, 0.717) is 22.4 Å². The molecule has 0 fully saturated rings. The number of esters is 1. The van der Waals surface area contributed by atoms with E-state index in [1.807, 2.05) is 6.07 Å². The Hall–Kier alpha value is -3.84. The Labute approximate surface area is 198 Å². The van der Waals surface area contributed by atoms with E-state index >= 15 is 0 Å². The molecule has 0 saturated heterocycles. The first-order chi connectivity index (χ1) is 15.8. The highest BCUT2D eigenvalue weighted by Gasteiger charge is 2.16. The van der Waals surface area contributed by atoms with Gasteiger partial charge in [0.1, 0.15) is 11.6 Å². The van der Waals surface area contributed by atoms with Gasteiger partial charge in [0.05, 0.1) is 18.8 Å². The zero-order valence-electron chi connectivity index (χ0n) is 17.9. The number of carboxylic acid groups (broad SMARTS) is 1. The molecule has 0 bridgehead atoms. The number of carbonyl (C=O) groups excluding carboxylic acids is 2. The van der Waals surface area contributed by atoms with E-state index in [2.05, 4.69) is 21.2 Å². The maximum Gasteiger partial charge on any atom is 0.344 e. The van der Waals surface area contributed by atoms with Gasteiger partial charge in [-0.2, -0.15) is 5.26 Å². The molecule has 10 heteroatoms. The monoisotopic (exact) mass is 516 g/mol. The number of nitrogens with zero attached hydrogens (tertiary/aromatic N) is 1. The van der Waals surface area contributed by atoms with Crippen molar-refractivity contribution in [1.29, 1.82) is 5.26 Å². The number of benzene rings is 2. The lowest BCUT2D eigenvalue weighted by molar-refractivity contribution is -0.145. The summed E-state index contributed by atoms with van der Waals surface area (Å²) < 4.78 is 16.4. The summed E-state index contributed by atoms with van der Waals surface area (Å²) in [6.45, 7) is 3.69. The highest BCUT2D eigenvalue weighted by atomic mass is 79.9. The van der Waals surface area contributed by atoms with Crippen molar-refractivity contribution in [2.75, 3.05) is 25.1 Å². The summed E-state index contributed by atoms with van der Waals surface area (Å²) in [6, 6.07) is 10.6. The lowest BCUT2D eigenvalue weighted by atomic mass is 10.1. The van der Waals surface area contributed by atoms with Crippen molar-refractivity contribution in [1.82, 2.24) is 0 Å². The zero-order valence-corrected chi connectivity index (χ0v) is 19.5. The number of hydrogen-bond acceptors (Lipinski definition) is 7. The number of carbonyl (C=O) groups is 3.